The Labute approximate surface area is 273 Å². The fourth-order valence-corrected chi connectivity index (χ4v) is 8.13. The molecule has 4 aromatic rings. The Morgan fingerprint density at radius 3 is 1.63 bits per heavy atom. The molecule has 0 radical (unpaired) electrons. The number of phenols is 1. The van der Waals surface area contributed by atoms with E-state index in [2.05, 4.69) is 33.8 Å². The molecule has 4 rings (SSSR count). The van der Waals surface area contributed by atoms with Crippen molar-refractivity contribution in [3.8, 4) is 11.5 Å². The first kappa shape index (κ1) is 36.3. The van der Waals surface area contributed by atoms with Gasteiger partial charge < -0.3 is 19.5 Å². The Hall–Kier alpha value is -4.15. The Bertz CT molecular complexity index is 1720. The van der Waals surface area contributed by atoms with Gasteiger partial charge >= 0.3 is 5.97 Å². The Morgan fingerprint density at radius 2 is 1.20 bits per heavy atom. The highest BCUT2D eigenvalue weighted by atomic mass is 31.2. The van der Waals surface area contributed by atoms with Crippen molar-refractivity contribution in [2.75, 3.05) is 6.61 Å². The maximum atomic E-state index is 14.6. The van der Waals surface area contributed by atoms with E-state index >= 15 is 0 Å². The van der Waals surface area contributed by atoms with Crippen LogP contribution in [0.1, 0.15) is 85.3 Å². The number of carbonyl (C=O) groups is 2. The van der Waals surface area contributed by atoms with Crippen molar-refractivity contribution in [3.05, 3.63) is 118 Å². The van der Waals surface area contributed by atoms with Gasteiger partial charge in [-0.25, -0.2) is 4.79 Å². The molecule has 0 fully saturated rings. The molecule has 2 N–H and O–H groups in total. The minimum Gasteiger partial charge on any atom is -0.507 e. The second-order valence-electron chi connectivity index (χ2n) is 13.8. The second-order valence-corrected chi connectivity index (χ2v) is 16.5. The highest BCUT2D eigenvalue weighted by Crippen LogP contribution is 2.49. The number of rotatable bonds is 7. The molecule has 4 aromatic carbocycles. The van der Waals surface area contributed by atoms with E-state index in [0.717, 1.165) is 16.7 Å². The molecule has 0 saturated heterocycles. The standard InChI is InChI=1S/C27H29O5P.C12H18O/c1-18-16-22(27(3,4)5)25(32-17-23(28)29)19(2)24(18)26(30)33(31,20-12-8-6-9-13-20)21-14-10-7-11-15-21;1-8-6-9(2)11(13)10(7-8)12(3,4)5/h6-16H,17H2,1-5H3,(H,28,29);6-7,13H,1-5H3. The summed E-state index contributed by atoms with van der Waals surface area (Å²) < 4.78 is 20.3. The Balaban J connectivity index is 0.000000370. The van der Waals surface area contributed by atoms with E-state index in [1.54, 1.807) is 55.5 Å². The summed E-state index contributed by atoms with van der Waals surface area (Å²) in [5, 5.41) is 19.9. The predicted molar refractivity (Wildman–Crippen MR) is 188 cm³/mol. The minimum absolute atomic E-state index is 0.0147. The SMILES string of the molecule is Cc1cc(C(C)(C)C)c(OCC(=O)O)c(C)c1C(=O)P(=O)(c1ccccc1)c1ccccc1.Cc1cc(C)c(O)c(C(C)(C)C)c1. The number of hydrogen-bond donors (Lipinski definition) is 2. The number of aliphatic carboxylic acids is 1. The normalized spacial score (nSPS) is 11.8. The highest BCUT2D eigenvalue weighted by molar-refractivity contribution is 7.93. The lowest BCUT2D eigenvalue weighted by molar-refractivity contribution is -0.139. The maximum absolute atomic E-state index is 14.6. The zero-order chi connectivity index (χ0) is 34.6. The van der Waals surface area contributed by atoms with Crippen LogP contribution in [0.2, 0.25) is 0 Å². The van der Waals surface area contributed by atoms with Gasteiger partial charge in [0, 0.05) is 27.3 Å². The Kier molecular flexibility index (Phi) is 11.1. The topological polar surface area (TPSA) is 101 Å². The summed E-state index contributed by atoms with van der Waals surface area (Å²) >= 11 is 0. The zero-order valence-corrected chi connectivity index (χ0v) is 29.6. The lowest BCUT2D eigenvalue weighted by Crippen LogP contribution is -2.25. The van der Waals surface area contributed by atoms with E-state index in [-0.39, 0.29) is 10.8 Å². The van der Waals surface area contributed by atoms with Crippen molar-refractivity contribution < 1.29 is 29.1 Å². The first-order valence-electron chi connectivity index (χ1n) is 15.4. The van der Waals surface area contributed by atoms with Gasteiger partial charge in [-0.2, -0.15) is 0 Å². The van der Waals surface area contributed by atoms with Crippen LogP contribution in [0.25, 0.3) is 0 Å². The van der Waals surface area contributed by atoms with E-state index < -0.39 is 25.2 Å². The Morgan fingerprint density at radius 1 is 0.717 bits per heavy atom. The fourth-order valence-electron chi connectivity index (χ4n) is 5.52. The molecule has 0 saturated carbocycles. The van der Waals surface area contributed by atoms with Crippen molar-refractivity contribution in [2.24, 2.45) is 0 Å². The van der Waals surface area contributed by atoms with E-state index in [1.807, 2.05) is 58.9 Å². The number of ether oxygens (including phenoxy) is 1. The lowest BCUT2D eigenvalue weighted by atomic mass is 9.83. The molecule has 46 heavy (non-hydrogen) atoms. The highest BCUT2D eigenvalue weighted by Gasteiger charge is 2.39. The number of aryl methyl sites for hydroxylation is 3. The largest absolute Gasteiger partial charge is 0.507 e. The number of carboxylic acids is 1. The first-order valence-corrected chi connectivity index (χ1v) is 17.1. The third-order valence-electron chi connectivity index (χ3n) is 7.86. The summed E-state index contributed by atoms with van der Waals surface area (Å²) in [7, 11) is -3.72. The van der Waals surface area contributed by atoms with Gasteiger partial charge in [-0.05, 0) is 55.2 Å². The second kappa shape index (κ2) is 14.1. The van der Waals surface area contributed by atoms with Gasteiger partial charge in [0.25, 0.3) is 0 Å². The maximum Gasteiger partial charge on any atom is 0.341 e. The van der Waals surface area contributed by atoms with Gasteiger partial charge in [-0.1, -0.05) is 126 Å². The molecule has 0 aromatic heterocycles. The number of phenolic OH excluding ortho intramolecular Hbond substituents is 1. The van der Waals surface area contributed by atoms with E-state index in [4.69, 9.17) is 4.74 Å². The third-order valence-corrected chi connectivity index (χ3v) is 10.7. The fraction of sp³-hybridized carbons (Fsp3) is 0.333. The molecule has 7 heteroatoms. The van der Waals surface area contributed by atoms with Crippen molar-refractivity contribution >= 4 is 29.2 Å². The lowest BCUT2D eigenvalue weighted by Gasteiger charge is -2.27. The summed E-state index contributed by atoms with van der Waals surface area (Å²) in [5.41, 5.74) is 4.65. The van der Waals surface area contributed by atoms with Crippen LogP contribution in [0, 0.1) is 27.7 Å². The van der Waals surface area contributed by atoms with E-state index in [0.29, 0.717) is 38.8 Å². The van der Waals surface area contributed by atoms with Crippen LogP contribution in [0.5, 0.6) is 11.5 Å². The van der Waals surface area contributed by atoms with Crippen LogP contribution in [0.3, 0.4) is 0 Å². The smallest absolute Gasteiger partial charge is 0.341 e. The molecule has 0 heterocycles. The summed E-state index contributed by atoms with van der Waals surface area (Å²) in [4.78, 5) is 25.3. The molecular weight excluding hydrogens is 595 g/mol. The number of benzene rings is 4. The predicted octanol–water partition coefficient (Wildman–Crippen LogP) is 8.53. The van der Waals surface area contributed by atoms with Crippen LogP contribution < -0.4 is 15.3 Å². The van der Waals surface area contributed by atoms with E-state index in [1.165, 1.54) is 5.56 Å². The summed E-state index contributed by atoms with van der Waals surface area (Å²) in [5.74, 6) is -0.313. The average Bonchev–Trinajstić information content (AvgIpc) is 2.98. The van der Waals surface area contributed by atoms with Crippen LogP contribution in [0.4, 0.5) is 0 Å². The zero-order valence-electron chi connectivity index (χ0n) is 28.7. The van der Waals surface area contributed by atoms with Crippen LogP contribution in [-0.2, 0) is 20.2 Å². The molecule has 0 spiro atoms. The molecule has 0 atom stereocenters. The molecule has 0 bridgehead atoms. The monoisotopic (exact) mass is 642 g/mol. The first-order chi connectivity index (χ1) is 21.3. The molecule has 244 valence electrons. The molecular formula is C39H47O6P. The molecule has 6 nitrogen and oxygen atoms in total. The van der Waals surface area contributed by atoms with Crippen LogP contribution in [0.15, 0.2) is 78.9 Å². The number of carboxylic acid groups (broad SMARTS) is 1. The van der Waals surface area contributed by atoms with Crippen molar-refractivity contribution in [1.29, 1.82) is 0 Å². The van der Waals surface area contributed by atoms with Gasteiger partial charge in [-0.15, -0.1) is 0 Å². The molecule has 0 aliphatic rings. The molecule has 0 unspecified atom stereocenters. The average molecular weight is 643 g/mol. The van der Waals surface area contributed by atoms with Gasteiger partial charge in [0.2, 0.25) is 12.7 Å². The van der Waals surface area contributed by atoms with Gasteiger partial charge in [0.1, 0.15) is 11.5 Å². The van der Waals surface area contributed by atoms with Crippen molar-refractivity contribution in [2.45, 2.75) is 80.1 Å². The van der Waals surface area contributed by atoms with E-state index in [9.17, 15) is 24.4 Å². The van der Waals surface area contributed by atoms with Crippen molar-refractivity contribution in [3.63, 3.8) is 0 Å². The number of aromatic hydroxyl groups is 1. The third kappa shape index (κ3) is 7.97. The molecule has 0 aliphatic carbocycles. The quantitative estimate of drug-likeness (QED) is 0.196. The minimum atomic E-state index is -3.72. The van der Waals surface area contributed by atoms with Crippen LogP contribution >= 0.6 is 7.14 Å². The summed E-state index contributed by atoms with van der Waals surface area (Å²) in [6.45, 7) is 19.3. The van der Waals surface area contributed by atoms with Gasteiger partial charge in [-0.3, -0.25) is 4.79 Å². The van der Waals surface area contributed by atoms with Gasteiger partial charge in [0.05, 0.1) is 0 Å². The summed E-state index contributed by atoms with van der Waals surface area (Å²) in [6, 6.07) is 23.4. The molecule has 0 aliphatic heterocycles. The van der Waals surface area contributed by atoms with Crippen molar-refractivity contribution in [1.82, 2.24) is 0 Å². The van der Waals surface area contributed by atoms with Crippen LogP contribution in [-0.4, -0.2) is 28.3 Å². The molecule has 0 amide bonds. The number of carbonyl (C=O) groups excluding carboxylic acids is 1. The number of hydrogen-bond acceptors (Lipinski definition) is 5. The van der Waals surface area contributed by atoms with Gasteiger partial charge in [0.15, 0.2) is 6.61 Å². The summed E-state index contributed by atoms with van der Waals surface area (Å²) in [6.07, 6.45) is 0.